The second-order valence-corrected chi connectivity index (χ2v) is 9.62. The summed E-state index contributed by atoms with van der Waals surface area (Å²) in [6.07, 6.45) is 0. The molecule has 3 aromatic carbocycles. The van der Waals surface area contributed by atoms with Crippen LogP contribution in [-0.2, 0) is 19.6 Å². The van der Waals surface area contributed by atoms with Crippen LogP contribution < -0.4 is 21.5 Å². The predicted molar refractivity (Wildman–Crippen MR) is 150 cm³/mol. The Hall–Kier alpha value is -4.43. The molecule has 6 rings (SSSR count). The molecule has 1 N–H and O–H groups in total. The second-order valence-electron chi connectivity index (χ2n) is 9.62. The van der Waals surface area contributed by atoms with Gasteiger partial charge in [0.05, 0.1) is 19.6 Å². The third-order valence-electron chi connectivity index (χ3n) is 7.04. The molecule has 0 amide bonds. The van der Waals surface area contributed by atoms with Crippen LogP contribution in [-0.4, -0.2) is 44.9 Å². The highest BCUT2D eigenvalue weighted by atomic mass is 16.2. The van der Waals surface area contributed by atoms with Gasteiger partial charge in [-0.1, -0.05) is 91.0 Å². The lowest BCUT2D eigenvalue weighted by Gasteiger charge is -2.28. The smallest absolute Gasteiger partial charge is 0.333 e. The molecule has 8 nitrogen and oxygen atoms in total. The topological polar surface area (TPSA) is 77.1 Å². The number of nitrogens with zero attached hydrogens (tertiary/aromatic N) is 5. The summed E-state index contributed by atoms with van der Waals surface area (Å²) < 4.78 is 5.01. The third-order valence-corrected chi connectivity index (χ3v) is 7.04. The molecule has 0 saturated carbocycles. The molecular weight excluding hydrogens is 476 g/mol. The Kier molecular flexibility index (Phi) is 6.62. The van der Waals surface area contributed by atoms with Gasteiger partial charge >= 0.3 is 5.69 Å². The Balaban J connectivity index is 1.61. The number of benzene rings is 3. The molecule has 1 aliphatic rings. The number of hydrogen-bond donors (Lipinski definition) is 1. The van der Waals surface area contributed by atoms with E-state index in [9.17, 15) is 9.59 Å². The van der Waals surface area contributed by atoms with Gasteiger partial charge in [-0.2, -0.15) is 4.98 Å². The SMILES string of the molecule is O=c1c2c(nc(N3CCNCC3)n2Cc2ccccc2)n(Cc2ccccc2)c(=O)n1Cc1ccccc1. The molecule has 0 spiro atoms. The molecule has 0 bridgehead atoms. The van der Waals surface area contributed by atoms with Gasteiger partial charge in [0.25, 0.3) is 5.56 Å². The molecule has 38 heavy (non-hydrogen) atoms. The highest BCUT2D eigenvalue weighted by Crippen LogP contribution is 2.23. The van der Waals surface area contributed by atoms with Crippen molar-refractivity contribution in [3.05, 3.63) is 129 Å². The minimum Gasteiger partial charge on any atom is -0.340 e. The molecule has 192 valence electrons. The zero-order valence-electron chi connectivity index (χ0n) is 21.2. The normalized spacial score (nSPS) is 13.7. The summed E-state index contributed by atoms with van der Waals surface area (Å²) in [6, 6.07) is 29.6. The maximum absolute atomic E-state index is 14.1. The van der Waals surface area contributed by atoms with Crippen LogP contribution in [0.2, 0.25) is 0 Å². The lowest BCUT2D eigenvalue weighted by Crippen LogP contribution is -2.44. The third kappa shape index (κ3) is 4.66. The fourth-order valence-electron chi connectivity index (χ4n) is 5.11. The van der Waals surface area contributed by atoms with Crippen LogP contribution in [0.15, 0.2) is 101 Å². The van der Waals surface area contributed by atoms with Gasteiger partial charge in [-0.15, -0.1) is 0 Å². The number of aromatic nitrogens is 4. The van der Waals surface area contributed by atoms with Gasteiger partial charge in [-0.25, -0.2) is 4.79 Å². The van der Waals surface area contributed by atoms with Gasteiger partial charge in [0.1, 0.15) is 0 Å². The fourth-order valence-corrected chi connectivity index (χ4v) is 5.11. The van der Waals surface area contributed by atoms with Crippen molar-refractivity contribution in [1.82, 2.24) is 24.0 Å². The number of anilines is 1. The molecule has 1 saturated heterocycles. The van der Waals surface area contributed by atoms with Crippen molar-refractivity contribution in [2.45, 2.75) is 19.6 Å². The van der Waals surface area contributed by atoms with E-state index in [0.29, 0.717) is 24.3 Å². The highest BCUT2D eigenvalue weighted by molar-refractivity contribution is 5.75. The van der Waals surface area contributed by atoms with Crippen molar-refractivity contribution >= 4 is 17.1 Å². The maximum Gasteiger partial charge on any atom is 0.333 e. The predicted octanol–water partition coefficient (Wildman–Crippen LogP) is 2.91. The number of imidazole rings is 1. The Morgan fingerprint density at radius 1 is 0.632 bits per heavy atom. The Bertz CT molecular complexity index is 1650. The van der Waals surface area contributed by atoms with Crippen molar-refractivity contribution in [2.24, 2.45) is 0 Å². The van der Waals surface area contributed by atoms with E-state index < -0.39 is 0 Å². The minimum absolute atomic E-state index is 0.197. The summed E-state index contributed by atoms with van der Waals surface area (Å²) in [5, 5.41) is 3.39. The Morgan fingerprint density at radius 2 is 1.11 bits per heavy atom. The summed E-state index contributed by atoms with van der Waals surface area (Å²) in [5.74, 6) is 0.723. The van der Waals surface area contributed by atoms with Crippen LogP contribution in [0.5, 0.6) is 0 Å². The number of hydrogen-bond acceptors (Lipinski definition) is 5. The molecule has 8 heteroatoms. The number of fused-ring (bicyclic) bond motifs is 1. The zero-order chi connectivity index (χ0) is 25.9. The molecule has 0 atom stereocenters. The lowest BCUT2D eigenvalue weighted by molar-refractivity contribution is 0.571. The van der Waals surface area contributed by atoms with Crippen LogP contribution in [0.25, 0.3) is 11.2 Å². The van der Waals surface area contributed by atoms with Crippen molar-refractivity contribution in [3.8, 4) is 0 Å². The zero-order valence-corrected chi connectivity index (χ0v) is 21.2. The standard InChI is InChI=1S/C30H30N6O2/c37-28-26-27(32-29(33-18-16-31-17-19-33)34(26)20-23-10-4-1-5-11-23)35(21-24-12-6-2-7-13-24)30(38)36(28)22-25-14-8-3-9-15-25/h1-15,31H,16-22H2. The van der Waals surface area contributed by atoms with Crippen LogP contribution in [0.1, 0.15) is 16.7 Å². The van der Waals surface area contributed by atoms with Gasteiger partial charge in [0.15, 0.2) is 11.2 Å². The van der Waals surface area contributed by atoms with Crippen molar-refractivity contribution in [3.63, 3.8) is 0 Å². The van der Waals surface area contributed by atoms with E-state index in [0.717, 1.165) is 48.8 Å². The Labute approximate surface area is 220 Å². The molecule has 0 radical (unpaired) electrons. The van der Waals surface area contributed by atoms with E-state index in [4.69, 9.17) is 4.98 Å². The molecular formula is C30H30N6O2. The molecule has 5 aromatic rings. The van der Waals surface area contributed by atoms with Crippen molar-refractivity contribution in [2.75, 3.05) is 31.1 Å². The van der Waals surface area contributed by atoms with Crippen LogP contribution in [0.4, 0.5) is 5.95 Å². The van der Waals surface area contributed by atoms with Crippen LogP contribution in [0, 0.1) is 0 Å². The second kappa shape index (κ2) is 10.5. The number of piperazine rings is 1. The molecule has 1 fully saturated rings. The van der Waals surface area contributed by atoms with Gasteiger partial charge in [0, 0.05) is 26.2 Å². The van der Waals surface area contributed by atoms with Gasteiger partial charge in [0.2, 0.25) is 5.95 Å². The Morgan fingerprint density at radius 3 is 1.63 bits per heavy atom. The first-order chi connectivity index (χ1) is 18.7. The molecule has 0 aliphatic carbocycles. The van der Waals surface area contributed by atoms with Crippen LogP contribution in [0.3, 0.4) is 0 Å². The average molecular weight is 507 g/mol. The summed E-state index contributed by atoms with van der Waals surface area (Å²) >= 11 is 0. The highest BCUT2D eigenvalue weighted by Gasteiger charge is 2.25. The maximum atomic E-state index is 14.1. The van der Waals surface area contributed by atoms with E-state index in [-0.39, 0.29) is 17.8 Å². The summed E-state index contributed by atoms with van der Waals surface area (Å²) in [5.41, 5.74) is 3.15. The first-order valence-electron chi connectivity index (χ1n) is 13.0. The quantitative estimate of drug-likeness (QED) is 0.367. The summed E-state index contributed by atoms with van der Waals surface area (Å²) in [6.45, 7) is 4.24. The van der Waals surface area contributed by atoms with E-state index >= 15 is 0 Å². The molecule has 0 unspecified atom stereocenters. The van der Waals surface area contributed by atoms with Crippen LogP contribution >= 0.6 is 0 Å². The number of rotatable bonds is 7. The molecule has 3 heterocycles. The lowest BCUT2D eigenvalue weighted by atomic mass is 10.2. The van der Waals surface area contributed by atoms with Gasteiger partial charge in [-0.3, -0.25) is 18.5 Å². The van der Waals surface area contributed by atoms with E-state index in [1.807, 2.05) is 83.4 Å². The largest absolute Gasteiger partial charge is 0.340 e. The number of nitrogens with one attached hydrogen (secondary N) is 1. The van der Waals surface area contributed by atoms with E-state index in [1.165, 1.54) is 4.57 Å². The van der Waals surface area contributed by atoms with E-state index in [2.05, 4.69) is 22.3 Å². The molecule has 1 aliphatic heterocycles. The van der Waals surface area contributed by atoms with Crippen molar-refractivity contribution < 1.29 is 0 Å². The summed E-state index contributed by atoms with van der Waals surface area (Å²) in [4.78, 5) is 35.3. The first kappa shape index (κ1) is 23.9. The van der Waals surface area contributed by atoms with Crippen molar-refractivity contribution in [1.29, 1.82) is 0 Å². The fraction of sp³-hybridized carbons (Fsp3) is 0.233. The minimum atomic E-state index is -0.355. The summed E-state index contributed by atoms with van der Waals surface area (Å²) in [7, 11) is 0. The van der Waals surface area contributed by atoms with Gasteiger partial charge < -0.3 is 10.2 Å². The van der Waals surface area contributed by atoms with Gasteiger partial charge in [-0.05, 0) is 16.7 Å². The monoisotopic (exact) mass is 506 g/mol. The average Bonchev–Trinajstić information content (AvgIpc) is 3.34. The first-order valence-corrected chi connectivity index (χ1v) is 13.0. The van der Waals surface area contributed by atoms with E-state index in [1.54, 1.807) is 4.57 Å². The molecule has 2 aromatic heterocycles.